The molecule has 1 aromatic rings. The van der Waals surface area contributed by atoms with Gasteiger partial charge in [0.15, 0.2) is 0 Å². The number of methoxy groups -OCH3 is 2. The Morgan fingerprint density at radius 3 is 2.43 bits per heavy atom. The summed E-state index contributed by atoms with van der Waals surface area (Å²) < 4.78 is 15.8. The zero-order valence-corrected chi connectivity index (χ0v) is 14.3. The Morgan fingerprint density at radius 1 is 1.22 bits per heavy atom. The molecule has 0 radical (unpaired) electrons. The molecule has 23 heavy (non-hydrogen) atoms. The minimum atomic E-state index is 0.0393. The van der Waals surface area contributed by atoms with Gasteiger partial charge in [0.25, 0.3) is 5.91 Å². The lowest BCUT2D eigenvalue weighted by atomic mass is 9.82. The summed E-state index contributed by atoms with van der Waals surface area (Å²) in [5.41, 5.74) is 0.784. The summed E-state index contributed by atoms with van der Waals surface area (Å²) in [6.45, 7) is 5.63. The third-order valence-corrected chi connectivity index (χ3v) is 4.46. The van der Waals surface area contributed by atoms with E-state index in [1.54, 1.807) is 14.2 Å². The molecule has 1 fully saturated rings. The fourth-order valence-corrected chi connectivity index (χ4v) is 2.85. The number of rotatable bonds is 7. The number of nitrogens with zero attached hydrogens (tertiary/aromatic N) is 1. The second kappa shape index (κ2) is 8.31. The van der Waals surface area contributed by atoms with Gasteiger partial charge in [-0.15, -0.1) is 0 Å². The monoisotopic (exact) mass is 321 g/mol. The van der Waals surface area contributed by atoms with E-state index < -0.39 is 0 Å². The Morgan fingerprint density at radius 2 is 1.87 bits per heavy atom. The summed E-state index contributed by atoms with van der Waals surface area (Å²) in [6, 6.07) is 7.26. The highest BCUT2D eigenvalue weighted by atomic mass is 16.5. The Hall–Kier alpha value is -1.59. The predicted molar refractivity (Wildman–Crippen MR) is 88.9 cm³/mol. The van der Waals surface area contributed by atoms with Crippen LogP contribution in [0.25, 0.3) is 0 Å². The molecule has 1 heterocycles. The standard InChI is InChI=1S/C18H27NO4/c1-18(8-11-23-12-9-18)14-19(10-13-21-2)17(20)15-4-6-16(22-3)7-5-15/h4-7H,8-14H2,1-3H3. The van der Waals surface area contributed by atoms with Crippen LogP contribution in [0.2, 0.25) is 0 Å². The lowest BCUT2D eigenvalue weighted by Gasteiger charge is -2.38. The molecular formula is C18H27NO4. The normalized spacial score (nSPS) is 16.8. The van der Waals surface area contributed by atoms with Crippen LogP contribution >= 0.6 is 0 Å². The first-order valence-corrected chi connectivity index (χ1v) is 8.08. The fourth-order valence-electron chi connectivity index (χ4n) is 2.85. The second-order valence-electron chi connectivity index (χ2n) is 6.37. The SMILES string of the molecule is COCCN(CC1(C)CCOCC1)C(=O)c1ccc(OC)cc1. The third-order valence-electron chi connectivity index (χ3n) is 4.46. The maximum absolute atomic E-state index is 12.9. The van der Waals surface area contributed by atoms with Gasteiger partial charge in [0.1, 0.15) is 5.75 Å². The number of ether oxygens (including phenoxy) is 3. The van der Waals surface area contributed by atoms with Crippen LogP contribution in [0.15, 0.2) is 24.3 Å². The van der Waals surface area contributed by atoms with Crippen molar-refractivity contribution in [3.05, 3.63) is 29.8 Å². The molecule has 0 bridgehead atoms. The van der Waals surface area contributed by atoms with Crippen molar-refractivity contribution in [3.8, 4) is 5.75 Å². The maximum Gasteiger partial charge on any atom is 0.253 e. The quantitative estimate of drug-likeness (QED) is 0.774. The minimum Gasteiger partial charge on any atom is -0.497 e. The summed E-state index contributed by atoms with van der Waals surface area (Å²) in [5, 5.41) is 0. The summed E-state index contributed by atoms with van der Waals surface area (Å²) >= 11 is 0. The molecule has 2 rings (SSSR count). The second-order valence-corrected chi connectivity index (χ2v) is 6.37. The first-order chi connectivity index (χ1) is 11.1. The van der Waals surface area contributed by atoms with Crippen molar-refractivity contribution in [2.24, 2.45) is 5.41 Å². The van der Waals surface area contributed by atoms with E-state index in [2.05, 4.69) is 6.92 Å². The van der Waals surface area contributed by atoms with E-state index in [-0.39, 0.29) is 11.3 Å². The average molecular weight is 321 g/mol. The highest BCUT2D eigenvalue weighted by molar-refractivity contribution is 5.94. The minimum absolute atomic E-state index is 0.0393. The van der Waals surface area contributed by atoms with Crippen molar-refractivity contribution in [1.29, 1.82) is 0 Å². The largest absolute Gasteiger partial charge is 0.497 e. The first kappa shape index (κ1) is 17.8. The number of benzene rings is 1. The molecule has 1 aliphatic heterocycles. The zero-order valence-electron chi connectivity index (χ0n) is 14.3. The summed E-state index contributed by atoms with van der Waals surface area (Å²) in [7, 11) is 3.28. The topological polar surface area (TPSA) is 48.0 Å². The van der Waals surface area contributed by atoms with Gasteiger partial charge in [-0.2, -0.15) is 0 Å². The molecule has 0 N–H and O–H groups in total. The fraction of sp³-hybridized carbons (Fsp3) is 0.611. The Kier molecular flexibility index (Phi) is 6.42. The Bertz CT molecular complexity index is 494. The van der Waals surface area contributed by atoms with Crippen LogP contribution in [0.1, 0.15) is 30.1 Å². The molecule has 5 nitrogen and oxygen atoms in total. The van der Waals surface area contributed by atoms with Gasteiger partial charge in [-0.3, -0.25) is 4.79 Å². The van der Waals surface area contributed by atoms with E-state index in [1.165, 1.54) is 0 Å². The van der Waals surface area contributed by atoms with Gasteiger partial charge in [-0.05, 0) is 42.5 Å². The molecule has 0 saturated carbocycles. The molecule has 1 aliphatic rings. The van der Waals surface area contributed by atoms with Crippen molar-refractivity contribution in [2.45, 2.75) is 19.8 Å². The number of hydrogen-bond donors (Lipinski definition) is 0. The number of amides is 1. The van der Waals surface area contributed by atoms with Crippen LogP contribution in [-0.4, -0.2) is 57.9 Å². The summed E-state index contributed by atoms with van der Waals surface area (Å²) in [5.74, 6) is 0.791. The van der Waals surface area contributed by atoms with Crippen LogP contribution in [-0.2, 0) is 9.47 Å². The molecule has 1 aromatic carbocycles. The highest BCUT2D eigenvalue weighted by Gasteiger charge is 2.31. The molecule has 0 spiro atoms. The van der Waals surface area contributed by atoms with Crippen molar-refractivity contribution < 1.29 is 19.0 Å². The third kappa shape index (κ3) is 4.94. The smallest absolute Gasteiger partial charge is 0.253 e. The van der Waals surface area contributed by atoms with Crippen LogP contribution in [0, 0.1) is 5.41 Å². The number of carbonyl (C=O) groups excluding carboxylic acids is 1. The number of carbonyl (C=O) groups is 1. The lowest BCUT2D eigenvalue weighted by molar-refractivity contribution is 0.00274. The van der Waals surface area contributed by atoms with E-state index >= 15 is 0 Å². The van der Waals surface area contributed by atoms with Crippen LogP contribution < -0.4 is 4.74 Å². The van der Waals surface area contributed by atoms with Gasteiger partial charge in [0.05, 0.1) is 13.7 Å². The average Bonchev–Trinajstić information content (AvgIpc) is 2.58. The Balaban J connectivity index is 2.10. The molecule has 128 valence electrons. The van der Waals surface area contributed by atoms with Gasteiger partial charge >= 0.3 is 0 Å². The van der Waals surface area contributed by atoms with E-state index in [4.69, 9.17) is 14.2 Å². The van der Waals surface area contributed by atoms with E-state index in [9.17, 15) is 4.79 Å². The predicted octanol–water partition coefficient (Wildman–Crippen LogP) is 2.60. The summed E-state index contributed by atoms with van der Waals surface area (Å²) in [6.07, 6.45) is 1.96. The first-order valence-electron chi connectivity index (χ1n) is 8.08. The molecule has 0 aliphatic carbocycles. The maximum atomic E-state index is 12.9. The molecule has 1 amide bonds. The van der Waals surface area contributed by atoms with Gasteiger partial charge in [-0.25, -0.2) is 0 Å². The van der Waals surface area contributed by atoms with Crippen molar-refractivity contribution in [1.82, 2.24) is 4.90 Å². The molecule has 0 aromatic heterocycles. The molecular weight excluding hydrogens is 294 g/mol. The van der Waals surface area contributed by atoms with Crippen molar-refractivity contribution in [3.63, 3.8) is 0 Å². The highest BCUT2D eigenvalue weighted by Crippen LogP contribution is 2.31. The van der Waals surface area contributed by atoms with E-state index in [0.29, 0.717) is 18.7 Å². The van der Waals surface area contributed by atoms with Gasteiger partial charge in [-0.1, -0.05) is 6.92 Å². The van der Waals surface area contributed by atoms with Crippen molar-refractivity contribution in [2.75, 3.05) is 47.1 Å². The zero-order chi connectivity index (χ0) is 16.7. The van der Waals surface area contributed by atoms with E-state index in [1.807, 2.05) is 29.2 Å². The van der Waals surface area contributed by atoms with Gasteiger partial charge in [0, 0.05) is 39.0 Å². The molecule has 1 saturated heterocycles. The molecule has 0 unspecified atom stereocenters. The van der Waals surface area contributed by atoms with Crippen molar-refractivity contribution >= 4 is 5.91 Å². The van der Waals surface area contributed by atoms with Gasteiger partial charge in [0.2, 0.25) is 0 Å². The number of hydrogen-bond acceptors (Lipinski definition) is 4. The van der Waals surface area contributed by atoms with Crippen LogP contribution in [0.5, 0.6) is 5.75 Å². The van der Waals surface area contributed by atoms with Crippen LogP contribution in [0.3, 0.4) is 0 Å². The molecule has 0 atom stereocenters. The van der Waals surface area contributed by atoms with Gasteiger partial charge < -0.3 is 19.1 Å². The molecule has 5 heteroatoms. The Labute approximate surface area is 138 Å². The van der Waals surface area contributed by atoms with E-state index in [0.717, 1.165) is 38.3 Å². The summed E-state index contributed by atoms with van der Waals surface area (Å²) in [4.78, 5) is 14.8. The lowest BCUT2D eigenvalue weighted by Crippen LogP contribution is -2.44. The van der Waals surface area contributed by atoms with Crippen LogP contribution in [0.4, 0.5) is 0 Å².